The number of aromatic nitrogens is 1. The second kappa shape index (κ2) is 8.65. The lowest BCUT2D eigenvalue weighted by Gasteiger charge is -2.25. The molecular formula is C27H28N2O4S. The normalized spacial score (nSPS) is 12.0. The van der Waals surface area contributed by atoms with Gasteiger partial charge in [0.25, 0.3) is 5.56 Å². The molecule has 0 saturated heterocycles. The van der Waals surface area contributed by atoms with Gasteiger partial charge in [-0.1, -0.05) is 39.0 Å². The molecule has 176 valence electrons. The van der Waals surface area contributed by atoms with Gasteiger partial charge >= 0.3 is 0 Å². The number of aromatic amines is 1. The summed E-state index contributed by atoms with van der Waals surface area (Å²) in [5.41, 5.74) is 4.37. The number of anilines is 1. The molecule has 0 saturated carbocycles. The lowest BCUT2D eigenvalue weighted by Crippen LogP contribution is -2.15. The minimum Gasteiger partial charge on any atom is -0.496 e. The van der Waals surface area contributed by atoms with E-state index in [0.717, 1.165) is 45.0 Å². The number of pyridine rings is 1. The van der Waals surface area contributed by atoms with Crippen molar-refractivity contribution in [2.24, 2.45) is 0 Å². The number of fused-ring (bicyclic) bond motifs is 1. The van der Waals surface area contributed by atoms with Crippen LogP contribution in [-0.4, -0.2) is 26.8 Å². The summed E-state index contributed by atoms with van der Waals surface area (Å²) in [5, 5.41) is 1.86. The van der Waals surface area contributed by atoms with Crippen LogP contribution in [0.1, 0.15) is 26.3 Å². The summed E-state index contributed by atoms with van der Waals surface area (Å²) >= 11 is 0. The molecule has 34 heavy (non-hydrogen) atoms. The van der Waals surface area contributed by atoms with Crippen molar-refractivity contribution in [1.29, 1.82) is 0 Å². The molecule has 0 aliphatic rings. The Kier molecular flexibility index (Phi) is 6.00. The maximum absolute atomic E-state index is 12.6. The van der Waals surface area contributed by atoms with E-state index in [4.69, 9.17) is 4.74 Å². The maximum atomic E-state index is 12.6. The fourth-order valence-electron chi connectivity index (χ4n) is 4.12. The molecule has 4 aromatic rings. The smallest absolute Gasteiger partial charge is 0.255 e. The van der Waals surface area contributed by atoms with Crippen molar-refractivity contribution >= 4 is 26.5 Å². The first-order chi connectivity index (χ1) is 16.0. The van der Waals surface area contributed by atoms with E-state index >= 15 is 0 Å². The summed E-state index contributed by atoms with van der Waals surface area (Å²) in [6, 6.07) is 19.0. The van der Waals surface area contributed by atoms with Crippen LogP contribution in [0.25, 0.3) is 33.0 Å². The molecule has 0 aliphatic heterocycles. The van der Waals surface area contributed by atoms with E-state index in [-0.39, 0.29) is 11.0 Å². The molecule has 0 bridgehead atoms. The molecule has 0 amide bonds. The third kappa shape index (κ3) is 4.84. The second-order valence-electron chi connectivity index (χ2n) is 9.42. The number of sulfonamides is 1. The Balaban J connectivity index is 1.93. The maximum Gasteiger partial charge on any atom is 0.255 e. The highest BCUT2D eigenvalue weighted by atomic mass is 32.2. The fraction of sp³-hybridized carbons (Fsp3) is 0.222. The first kappa shape index (κ1) is 23.6. The van der Waals surface area contributed by atoms with Crippen LogP contribution in [0.5, 0.6) is 5.75 Å². The van der Waals surface area contributed by atoms with Crippen molar-refractivity contribution in [1.82, 2.24) is 4.98 Å². The van der Waals surface area contributed by atoms with Crippen LogP contribution >= 0.6 is 0 Å². The number of nitrogens with one attached hydrogen (secondary N) is 2. The highest BCUT2D eigenvalue weighted by Gasteiger charge is 2.24. The molecular weight excluding hydrogens is 448 g/mol. The van der Waals surface area contributed by atoms with Gasteiger partial charge in [0.2, 0.25) is 10.0 Å². The second-order valence-corrected chi connectivity index (χ2v) is 11.2. The largest absolute Gasteiger partial charge is 0.496 e. The van der Waals surface area contributed by atoms with Gasteiger partial charge in [-0.15, -0.1) is 0 Å². The number of rotatable bonds is 5. The van der Waals surface area contributed by atoms with Gasteiger partial charge in [0.05, 0.1) is 13.4 Å². The molecule has 0 unspecified atom stereocenters. The van der Waals surface area contributed by atoms with Gasteiger partial charge in [0, 0.05) is 28.6 Å². The van der Waals surface area contributed by atoms with Crippen LogP contribution < -0.4 is 15.0 Å². The summed E-state index contributed by atoms with van der Waals surface area (Å²) in [5.74, 6) is 0.762. The van der Waals surface area contributed by atoms with Crippen LogP contribution in [0.3, 0.4) is 0 Å². The Hall–Kier alpha value is -3.58. The lowest BCUT2D eigenvalue weighted by molar-refractivity contribution is 0.399. The van der Waals surface area contributed by atoms with Crippen LogP contribution in [0, 0.1) is 0 Å². The molecule has 0 atom stereocenters. The quantitative estimate of drug-likeness (QED) is 0.396. The lowest BCUT2D eigenvalue weighted by atomic mass is 9.82. The van der Waals surface area contributed by atoms with Crippen LogP contribution in [0.2, 0.25) is 0 Å². The monoisotopic (exact) mass is 476 g/mol. The Morgan fingerprint density at radius 1 is 0.882 bits per heavy atom. The molecule has 0 radical (unpaired) electrons. The summed E-state index contributed by atoms with van der Waals surface area (Å²) in [6.45, 7) is 6.35. The summed E-state index contributed by atoms with van der Waals surface area (Å²) in [6.07, 6.45) is 2.75. The van der Waals surface area contributed by atoms with Gasteiger partial charge in [-0.25, -0.2) is 8.42 Å². The molecule has 3 aromatic carbocycles. The van der Waals surface area contributed by atoms with Crippen molar-refractivity contribution in [3.8, 4) is 28.0 Å². The first-order valence-corrected chi connectivity index (χ1v) is 12.8. The molecule has 6 nitrogen and oxygen atoms in total. The predicted octanol–water partition coefficient (Wildman–Crippen LogP) is 5.54. The Labute approximate surface area is 199 Å². The third-order valence-electron chi connectivity index (χ3n) is 5.68. The van der Waals surface area contributed by atoms with Gasteiger partial charge < -0.3 is 9.72 Å². The van der Waals surface area contributed by atoms with Crippen LogP contribution in [0.4, 0.5) is 5.69 Å². The summed E-state index contributed by atoms with van der Waals surface area (Å²) in [7, 11) is -1.69. The van der Waals surface area contributed by atoms with Crippen LogP contribution in [0.15, 0.2) is 71.7 Å². The van der Waals surface area contributed by atoms with Crippen molar-refractivity contribution in [3.63, 3.8) is 0 Å². The summed E-state index contributed by atoms with van der Waals surface area (Å²) in [4.78, 5) is 15.3. The van der Waals surface area contributed by atoms with E-state index < -0.39 is 10.0 Å². The van der Waals surface area contributed by atoms with E-state index in [1.165, 1.54) is 0 Å². The molecule has 0 aliphatic carbocycles. The van der Waals surface area contributed by atoms with Crippen molar-refractivity contribution < 1.29 is 13.2 Å². The minimum atomic E-state index is -3.35. The number of H-pyrrole nitrogens is 1. The molecule has 0 fully saturated rings. The summed E-state index contributed by atoms with van der Waals surface area (Å²) < 4.78 is 31.6. The fourth-order valence-corrected chi connectivity index (χ4v) is 4.67. The van der Waals surface area contributed by atoms with Crippen molar-refractivity contribution in [2.75, 3.05) is 18.1 Å². The van der Waals surface area contributed by atoms with Gasteiger partial charge in [-0.2, -0.15) is 0 Å². The molecule has 1 heterocycles. The Morgan fingerprint density at radius 2 is 1.59 bits per heavy atom. The van der Waals surface area contributed by atoms with Gasteiger partial charge in [-0.05, 0) is 69.8 Å². The Bertz CT molecular complexity index is 1550. The number of hydrogen-bond donors (Lipinski definition) is 2. The average molecular weight is 477 g/mol. The first-order valence-electron chi connectivity index (χ1n) is 10.9. The number of ether oxygens (including phenoxy) is 1. The highest BCUT2D eigenvalue weighted by Crippen LogP contribution is 2.42. The van der Waals surface area contributed by atoms with Gasteiger partial charge in [-0.3, -0.25) is 9.52 Å². The third-order valence-corrected chi connectivity index (χ3v) is 6.29. The van der Waals surface area contributed by atoms with Crippen molar-refractivity contribution in [3.05, 3.63) is 82.8 Å². The van der Waals surface area contributed by atoms with Gasteiger partial charge in [0.15, 0.2) is 0 Å². The zero-order chi connectivity index (χ0) is 24.7. The molecule has 7 heteroatoms. The van der Waals surface area contributed by atoms with E-state index in [1.54, 1.807) is 25.4 Å². The standard InChI is InChI=1S/C27H28N2O4S/c1-27(2,3)24-16-20(22-7-6-12-28-26(22)30)15-23(25(24)33-4)19-9-8-18-14-21(29-34(5,31)32)11-10-17(18)13-19/h6-16,29H,1-5H3,(H,28,30). The zero-order valence-electron chi connectivity index (χ0n) is 19.9. The zero-order valence-corrected chi connectivity index (χ0v) is 20.7. The number of hydrogen-bond acceptors (Lipinski definition) is 4. The van der Waals surface area contributed by atoms with E-state index in [0.29, 0.717) is 11.3 Å². The Morgan fingerprint density at radius 3 is 2.24 bits per heavy atom. The highest BCUT2D eigenvalue weighted by molar-refractivity contribution is 7.92. The van der Waals surface area contributed by atoms with E-state index in [9.17, 15) is 13.2 Å². The topological polar surface area (TPSA) is 88.3 Å². The average Bonchev–Trinajstić information content (AvgIpc) is 2.76. The molecule has 1 aromatic heterocycles. The molecule has 4 rings (SSSR count). The van der Waals surface area contributed by atoms with E-state index in [1.807, 2.05) is 48.5 Å². The van der Waals surface area contributed by atoms with Crippen molar-refractivity contribution in [2.45, 2.75) is 26.2 Å². The van der Waals surface area contributed by atoms with Crippen LogP contribution in [-0.2, 0) is 15.4 Å². The van der Waals surface area contributed by atoms with Gasteiger partial charge in [0.1, 0.15) is 5.75 Å². The molecule has 0 spiro atoms. The number of methoxy groups -OCH3 is 1. The minimum absolute atomic E-state index is 0.150. The number of benzene rings is 3. The SMILES string of the molecule is COc1c(-c2ccc3cc(NS(C)(=O)=O)ccc3c2)cc(-c2ccc[nH]c2=O)cc1C(C)(C)C. The molecule has 2 N–H and O–H groups in total. The predicted molar refractivity (Wildman–Crippen MR) is 139 cm³/mol. The van der Waals surface area contributed by atoms with E-state index in [2.05, 4.69) is 30.5 Å².